The molecule has 1 aliphatic rings. The van der Waals surface area contributed by atoms with Gasteiger partial charge in [0.25, 0.3) is 0 Å². The molecule has 0 saturated carbocycles. The molecular formula is C16H21NO4. The van der Waals surface area contributed by atoms with Crippen molar-refractivity contribution in [3.05, 3.63) is 35.4 Å². The van der Waals surface area contributed by atoms with E-state index < -0.39 is 5.97 Å². The van der Waals surface area contributed by atoms with E-state index in [0.29, 0.717) is 6.61 Å². The highest BCUT2D eigenvalue weighted by molar-refractivity contribution is 5.82. The molecule has 1 atom stereocenters. The minimum Gasteiger partial charge on any atom is -0.480 e. The van der Waals surface area contributed by atoms with Crippen LogP contribution in [0.5, 0.6) is 0 Å². The molecule has 2 rings (SSSR count). The molecule has 1 aliphatic heterocycles. The lowest BCUT2D eigenvalue weighted by Gasteiger charge is -2.30. The van der Waals surface area contributed by atoms with Gasteiger partial charge in [-0.15, -0.1) is 0 Å². The van der Waals surface area contributed by atoms with Crippen molar-refractivity contribution in [1.29, 1.82) is 0 Å². The highest BCUT2D eigenvalue weighted by Gasteiger charge is 2.27. The third kappa shape index (κ3) is 3.82. The third-order valence-electron chi connectivity index (χ3n) is 3.70. The van der Waals surface area contributed by atoms with E-state index in [4.69, 9.17) is 9.84 Å². The van der Waals surface area contributed by atoms with Crippen molar-refractivity contribution in [3.63, 3.8) is 0 Å². The molecule has 5 heteroatoms. The molecule has 0 bridgehead atoms. The number of hydrogen-bond donors (Lipinski definition) is 1. The largest absolute Gasteiger partial charge is 0.480 e. The molecule has 1 amide bonds. The number of hydrogen-bond acceptors (Lipinski definition) is 3. The van der Waals surface area contributed by atoms with Gasteiger partial charge in [0.2, 0.25) is 5.91 Å². The normalized spacial score (nSPS) is 17.4. The summed E-state index contributed by atoms with van der Waals surface area (Å²) in [6.07, 6.45) is 0.754. The summed E-state index contributed by atoms with van der Waals surface area (Å²) in [5.41, 5.74) is 2.24. The standard InChI is InChI=1S/C16H21NO4/c1-11(2)17(10-16(19)20)15(18)9-14-13-6-4-3-5-12(13)7-8-21-14/h3-6,11,14H,7-10H2,1-2H3,(H,19,20). The van der Waals surface area contributed by atoms with E-state index in [1.54, 1.807) is 0 Å². The molecule has 0 saturated heterocycles. The first-order valence-corrected chi connectivity index (χ1v) is 7.19. The average molecular weight is 291 g/mol. The Balaban J connectivity index is 2.10. The van der Waals surface area contributed by atoms with Crippen LogP contribution in [-0.2, 0) is 20.7 Å². The van der Waals surface area contributed by atoms with Crippen LogP contribution in [-0.4, -0.2) is 41.1 Å². The van der Waals surface area contributed by atoms with Crippen molar-refractivity contribution in [2.75, 3.05) is 13.2 Å². The summed E-state index contributed by atoms with van der Waals surface area (Å²) >= 11 is 0. The molecule has 114 valence electrons. The fourth-order valence-electron chi connectivity index (χ4n) is 2.63. The Bertz CT molecular complexity index is 527. The van der Waals surface area contributed by atoms with Gasteiger partial charge in [0, 0.05) is 6.04 Å². The minimum atomic E-state index is -0.998. The second-order valence-electron chi connectivity index (χ2n) is 5.52. The van der Waals surface area contributed by atoms with Gasteiger partial charge < -0.3 is 14.7 Å². The van der Waals surface area contributed by atoms with Crippen LogP contribution < -0.4 is 0 Å². The third-order valence-corrected chi connectivity index (χ3v) is 3.70. The number of aliphatic carboxylic acids is 1. The molecule has 1 heterocycles. The Labute approximate surface area is 124 Å². The van der Waals surface area contributed by atoms with Crippen molar-refractivity contribution in [2.24, 2.45) is 0 Å². The lowest BCUT2D eigenvalue weighted by molar-refractivity contribution is -0.147. The van der Waals surface area contributed by atoms with Crippen LogP contribution in [0.15, 0.2) is 24.3 Å². The van der Waals surface area contributed by atoms with Crippen LogP contribution in [0.1, 0.15) is 37.5 Å². The van der Waals surface area contributed by atoms with Crippen LogP contribution in [0.2, 0.25) is 0 Å². The van der Waals surface area contributed by atoms with Gasteiger partial charge in [-0.2, -0.15) is 0 Å². The topological polar surface area (TPSA) is 66.8 Å². The molecule has 1 aromatic carbocycles. The van der Waals surface area contributed by atoms with Crippen molar-refractivity contribution in [1.82, 2.24) is 4.90 Å². The van der Waals surface area contributed by atoms with Gasteiger partial charge in [-0.3, -0.25) is 9.59 Å². The SMILES string of the molecule is CC(C)N(CC(=O)O)C(=O)CC1OCCc2ccccc21. The van der Waals surface area contributed by atoms with Gasteiger partial charge in [-0.05, 0) is 31.4 Å². The lowest BCUT2D eigenvalue weighted by Crippen LogP contribution is -2.41. The molecule has 5 nitrogen and oxygen atoms in total. The van der Waals surface area contributed by atoms with Crippen molar-refractivity contribution >= 4 is 11.9 Å². The van der Waals surface area contributed by atoms with Crippen LogP contribution in [0, 0.1) is 0 Å². The Hall–Kier alpha value is -1.88. The van der Waals surface area contributed by atoms with Crippen molar-refractivity contribution < 1.29 is 19.4 Å². The quantitative estimate of drug-likeness (QED) is 0.901. The van der Waals surface area contributed by atoms with E-state index in [9.17, 15) is 9.59 Å². The fraction of sp³-hybridized carbons (Fsp3) is 0.500. The summed E-state index contributed by atoms with van der Waals surface area (Å²) in [5, 5.41) is 8.92. The van der Waals surface area contributed by atoms with Gasteiger partial charge >= 0.3 is 5.97 Å². The molecule has 1 aromatic rings. The van der Waals surface area contributed by atoms with E-state index >= 15 is 0 Å². The molecule has 0 spiro atoms. The highest BCUT2D eigenvalue weighted by Crippen LogP contribution is 2.30. The van der Waals surface area contributed by atoms with Crippen molar-refractivity contribution in [3.8, 4) is 0 Å². The number of amides is 1. The molecule has 1 unspecified atom stereocenters. The second-order valence-corrected chi connectivity index (χ2v) is 5.52. The average Bonchev–Trinajstić information content (AvgIpc) is 2.44. The van der Waals surface area contributed by atoms with Crippen LogP contribution in [0.25, 0.3) is 0 Å². The van der Waals surface area contributed by atoms with Crippen LogP contribution in [0.3, 0.4) is 0 Å². The Morgan fingerprint density at radius 1 is 1.38 bits per heavy atom. The first-order valence-electron chi connectivity index (χ1n) is 7.19. The van der Waals surface area contributed by atoms with E-state index in [2.05, 4.69) is 0 Å². The summed E-state index contributed by atoms with van der Waals surface area (Å²) in [5.74, 6) is -1.18. The Morgan fingerprint density at radius 3 is 2.76 bits per heavy atom. The number of carboxylic acid groups (broad SMARTS) is 1. The monoisotopic (exact) mass is 291 g/mol. The molecule has 0 aliphatic carbocycles. The van der Waals surface area contributed by atoms with Gasteiger partial charge in [0.1, 0.15) is 6.54 Å². The predicted octanol–water partition coefficient (Wildman–Crippen LogP) is 2.01. The van der Waals surface area contributed by atoms with E-state index in [-0.39, 0.29) is 31.0 Å². The van der Waals surface area contributed by atoms with Gasteiger partial charge in [0.05, 0.1) is 19.1 Å². The van der Waals surface area contributed by atoms with E-state index in [1.807, 2.05) is 38.1 Å². The zero-order valence-electron chi connectivity index (χ0n) is 12.4. The van der Waals surface area contributed by atoms with Gasteiger partial charge in [-0.25, -0.2) is 0 Å². The lowest BCUT2D eigenvalue weighted by atomic mass is 9.95. The maximum absolute atomic E-state index is 12.4. The zero-order valence-corrected chi connectivity index (χ0v) is 12.4. The summed E-state index contributed by atoms with van der Waals surface area (Å²) in [7, 11) is 0. The molecule has 0 fully saturated rings. The van der Waals surface area contributed by atoms with E-state index in [1.165, 1.54) is 10.5 Å². The summed E-state index contributed by atoms with van der Waals surface area (Å²) in [6.45, 7) is 3.95. The fourth-order valence-corrected chi connectivity index (χ4v) is 2.63. The smallest absolute Gasteiger partial charge is 0.323 e. The molecular weight excluding hydrogens is 270 g/mol. The predicted molar refractivity (Wildman–Crippen MR) is 77.9 cm³/mol. The molecule has 0 radical (unpaired) electrons. The number of ether oxygens (including phenoxy) is 1. The number of carbonyl (C=O) groups excluding carboxylic acids is 1. The number of rotatable bonds is 5. The summed E-state index contributed by atoms with van der Waals surface area (Å²) in [6, 6.07) is 7.79. The molecule has 0 aromatic heterocycles. The van der Waals surface area contributed by atoms with Crippen molar-refractivity contribution in [2.45, 2.75) is 38.8 Å². The molecule has 21 heavy (non-hydrogen) atoms. The van der Waals surface area contributed by atoms with Crippen LogP contribution >= 0.6 is 0 Å². The maximum Gasteiger partial charge on any atom is 0.323 e. The number of benzene rings is 1. The number of carbonyl (C=O) groups is 2. The first-order chi connectivity index (χ1) is 9.99. The second kappa shape index (κ2) is 6.72. The van der Waals surface area contributed by atoms with E-state index in [0.717, 1.165) is 12.0 Å². The Kier molecular flexibility index (Phi) is 4.96. The maximum atomic E-state index is 12.4. The van der Waals surface area contributed by atoms with Crippen LogP contribution in [0.4, 0.5) is 0 Å². The van der Waals surface area contributed by atoms with Gasteiger partial charge in [-0.1, -0.05) is 24.3 Å². The zero-order chi connectivity index (χ0) is 15.4. The summed E-state index contributed by atoms with van der Waals surface area (Å²) < 4.78 is 5.72. The number of nitrogens with zero attached hydrogens (tertiary/aromatic N) is 1. The minimum absolute atomic E-state index is 0.146. The Morgan fingerprint density at radius 2 is 2.10 bits per heavy atom. The highest BCUT2D eigenvalue weighted by atomic mass is 16.5. The number of carboxylic acids is 1. The molecule has 1 N–H and O–H groups in total. The van der Waals surface area contributed by atoms with Gasteiger partial charge in [0.15, 0.2) is 0 Å². The number of fused-ring (bicyclic) bond motifs is 1. The first kappa shape index (κ1) is 15.5. The summed E-state index contributed by atoms with van der Waals surface area (Å²) in [4.78, 5) is 24.6.